The molecule has 2 heterocycles. The van der Waals surface area contributed by atoms with Crippen LogP contribution in [0.2, 0.25) is 0 Å². The molecule has 1 aliphatic carbocycles. The van der Waals surface area contributed by atoms with E-state index in [1.165, 1.54) is 56.9 Å². The van der Waals surface area contributed by atoms with Gasteiger partial charge in [-0.05, 0) is 18.2 Å². The number of anilines is 1. The largest absolute Gasteiger partial charge is 0.433 e. The first-order valence-electron chi connectivity index (χ1n) is 10.4. The van der Waals surface area contributed by atoms with Gasteiger partial charge in [-0.25, -0.2) is 13.8 Å². The van der Waals surface area contributed by atoms with Crippen LogP contribution in [0, 0.1) is 0 Å². The molecule has 2 aromatic heterocycles. The first-order valence-corrected chi connectivity index (χ1v) is 10.4. The molecule has 1 saturated carbocycles. The topological polar surface area (TPSA) is 99.8 Å². The maximum absolute atomic E-state index is 12.4. The standard InChI is InChI=1S/C10H7F3N2.C6H7F2N3O.C6H12/c11-10(12,13)9-5-7(14)6-3-1-2-4-8(6)15-9;7-5(8)3-11-2-1-4(10-11)6(9)12;1-2-4-6-5-3-1/h1-5H,(H2,14,15);1-2,5H,3H2,(H2,9,12);1-6H2. The van der Waals surface area contributed by atoms with Crippen LogP contribution >= 0.6 is 0 Å². The molecule has 4 N–H and O–H groups in total. The number of hydrogen-bond acceptors (Lipinski definition) is 4. The summed E-state index contributed by atoms with van der Waals surface area (Å²) in [6.07, 6.45) is 3.34. The molecule has 6 nitrogen and oxygen atoms in total. The number of nitrogen functional groups attached to an aromatic ring is 1. The summed E-state index contributed by atoms with van der Waals surface area (Å²) in [6, 6.07) is 8.61. The minimum absolute atomic E-state index is 0.00403. The second-order valence-electron chi connectivity index (χ2n) is 7.41. The Morgan fingerprint density at radius 2 is 1.61 bits per heavy atom. The lowest BCUT2D eigenvalue weighted by molar-refractivity contribution is -0.140. The average Bonchev–Trinajstić information content (AvgIpc) is 3.23. The Hall–Kier alpha value is -3.24. The Morgan fingerprint density at radius 1 is 1.03 bits per heavy atom. The van der Waals surface area contributed by atoms with E-state index in [1.807, 2.05) is 0 Å². The number of nitrogens with two attached hydrogens (primary N) is 2. The van der Waals surface area contributed by atoms with Gasteiger partial charge in [0.2, 0.25) is 0 Å². The van der Waals surface area contributed by atoms with E-state index < -0.39 is 30.7 Å². The number of carbonyl (C=O) groups excluding carboxylic acids is 1. The molecule has 4 rings (SSSR count). The van der Waals surface area contributed by atoms with Crippen LogP contribution in [0.4, 0.5) is 27.6 Å². The number of hydrogen-bond donors (Lipinski definition) is 2. The zero-order chi connectivity index (χ0) is 24.4. The Balaban J connectivity index is 0.000000191. The summed E-state index contributed by atoms with van der Waals surface area (Å²) in [5, 5.41) is 4.04. The van der Waals surface area contributed by atoms with Crippen molar-refractivity contribution in [3.63, 3.8) is 0 Å². The fraction of sp³-hybridized carbons (Fsp3) is 0.409. The third-order valence-corrected chi connectivity index (χ3v) is 4.76. The summed E-state index contributed by atoms with van der Waals surface area (Å²) in [5.41, 5.74) is 9.75. The SMILES string of the molecule is C1CCCCC1.NC(=O)c1ccn(CC(F)F)n1.Nc1cc(C(F)(F)F)nc2ccccc12. The molecule has 1 aromatic carbocycles. The molecule has 180 valence electrons. The zero-order valence-electron chi connectivity index (χ0n) is 17.9. The van der Waals surface area contributed by atoms with Crippen LogP contribution in [0.5, 0.6) is 0 Å². The quantitative estimate of drug-likeness (QED) is 0.498. The van der Waals surface area contributed by atoms with Crippen LogP contribution in [0.25, 0.3) is 10.9 Å². The van der Waals surface area contributed by atoms with E-state index in [4.69, 9.17) is 11.5 Å². The number of alkyl halides is 5. The Kier molecular flexibility index (Phi) is 9.56. The number of pyridine rings is 1. The number of rotatable bonds is 3. The van der Waals surface area contributed by atoms with Crippen molar-refractivity contribution in [1.29, 1.82) is 0 Å². The van der Waals surface area contributed by atoms with E-state index in [1.54, 1.807) is 18.2 Å². The predicted molar refractivity (Wildman–Crippen MR) is 116 cm³/mol. The third kappa shape index (κ3) is 8.66. The minimum atomic E-state index is -4.46. The molecule has 1 fully saturated rings. The molecule has 1 amide bonds. The van der Waals surface area contributed by atoms with E-state index >= 15 is 0 Å². The lowest BCUT2D eigenvalue weighted by Gasteiger charge is -2.08. The van der Waals surface area contributed by atoms with Crippen LogP contribution in [-0.2, 0) is 12.7 Å². The molecule has 0 saturated heterocycles. The smallest absolute Gasteiger partial charge is 0.398 e. The molecule has 11 heteroatoms. The lowest BCUT2D eigenvalue weighted by atomic mass is 10.0. The molecular weight excluding hydrogens is 445 g/mol. The number of fused-ring (bicyclic) bond motifs is 1. The zero-order valence-corrected chi connectivity index (χ0v) is 17.9. The van der Waals surface area contributed by atoms with Crippen molar-refractivity contribution >= 4 is 22.5 Å². The molecule has 3 aromatic rings. The predicted octanol–water partition coefficient (Wildman–Crippen LogP) is 5.42. The maximum Gasteiger partial charge on any atom is 0.433 e. The van der Waals surface area contributed by atoms with Crippen molar-refractivity contribution in [2.45, 2.75) is 57.7 Å². The number of carbonyl (C=O) groups is 1. The van der Waals surface area contributed by atoms with Crippen molar-refractivity contribution in [2.75, 3.05) is 5.73 Å². The number of benzene rings is 1. The summed E-state index contributed by atoms with van der Waals surface area (Å²) < 4.78 is 61.6. The molecule has 33 heavy (non-hydrogen) atoms. The van der Waals surface area contributed by atoms with Gasteiger partial charge in [0.1, 0.15) is 17.9 Å². The highest BCUT2D eigenvalue weighted by molar-refractivity contribution is 5.90. The van der Waals surface area contributed by atoms with Gasteiger partial charge in [0.05, 0.1) is 5.52 Å². The van der Waals surface area contributed by atoms with E-state index in [9.17, 15) is 26.7 Å². The summed E-state index contributed by atoms with van der Waals surface area (Å²) >= 11 is 0. The average molecular weight is 471 g/mol. The van der Waals surface area contributed by atoms with Gasteiger partial charge in [0.15, 0.2) is 0 Å². The number of primary amides is 1. The molecule has 1 aliphatic rings. The van der Waals surface area contributed by atoms with Crippen LogP contribution in [0.3, 0.4) is 0 Å². The van der Waals surface area contributed by atoms with Crippen molar-refractivity contribution < 1.29 is 26.7 Å². The monoisotopic (exact) mass is 471 g/mol. The summed E-state index contributed by atoms with van der Waals surface area (Å²) in [7, 11) is 0. The third-order valence-electron chi connectivity index (χ3n) is 4.76. The van der Waals surface area contributed by atoms with Gasteiger partial charge in [0, 0.05) is 17.3 Å². The molecule has 0 atom stereocenters. The number of halogens is 5. The van der Waals surface area contributed by atoms with Crippen LogP contribution in [0.15, 0.2) is 42.6 Å². The number of aromatic nitrogens is 3. The fourth-order valence-corrected chi connectivity index (χ4v) is 3.14. The first kappa shape index (κ1) is 26.0. The fourth-order valence-electron chi connectivity index (χ4n) is 3.14. The Labute approximate surface area is 187 Å². The van der Waals surface area contributed by atoms with E-state index in [0.717, 1.165) is 10.7 Å². The van der Waals surface area contributed by atoms with Crippen molar-refractivity contribution in [1.82, 2.24) is 14.8 Å². The van der Waals surface area contributed by atoms with Gasteiger partial charge in [-0.15, -0.1) is 0 Å². The minimum Gasteiger partial charge on any atom is -0.398 e. The molecular formula is C22H26F5N5O. The van der Waals surface area contributed by atoms with E-state index in [-0.39, 0.29) is 16.9 Å². The maximum atomic E-state index is 12.4. The van der Waals surface area contributed by atoms with Crippen LogP contribution in [0.1, 0.15) is 54.7 Å². The highest BCUT2D eigenvalue weighted by atomic mass is 19.4. The van der Waals surface area contributed by atoms with Crippen LogP contribution < -0.4 is 11.5 Å². The van der Waals surface area contributed by atoms with Gasteiger partial charge in [-0.1, -0.05) is 56.7 Å². The van der Waals surface area contributed by atoms with Crippen molar-refractivity contribution in [2.24, 2.45) is 5.73 Å². The Bertz CT molecular complexity index is 1020. The number of para-hydroxylation sites is 1. The van der Waals surface area contributed by atoms with Gasteiger partial charge in [0.25, 0.3) is 12.3 Å². The highest BCUT2D eigenvalue weighted by Crippen LogP contribution is 2.31. The number of amides is 1. The number of nitrogens with zero attached hydrogens (tertiary/aromatic N) is 3. The second kappa shape index (κ2) is 12.1. The lowest BCUT2D eigenvalue weighted by Crippen LogP contribution is -2.13. The summed E-state index contributed by atoms with van der Waals surface area (Å²) in [4.78, 5) is 14.0. The van der Waals surface area contributed by atoms with Crippen molar-refractivity contribution in [3.8, 4) is 0 Å². The van der Waals surface area contributed by atoms with E-state index in [0.29, 0.717) is 5.39 Å². The van der Waals surface area contributed by atoms with Crippen molar-refractivity contribution in [3.05, 3.63) is 54.0 Å². The molecule has 0 aliphatic heterocycles. The van der Waals surface area contributed by atoms with Gasteiger partial charge in [-0.2, -0.15) is 18.3 Å². The van der Waals surface area contributed by atoms with Gasteiger partial charge >= 0.3 is 6.18 Å². The Morgan fingerprint density at radius 3 is 2.09 bits per heavy atom. The normalized spacial score (nSPS) is 13.6. The second-order valence-corrected chi connectivity index (χ2v) is 7.41. The van der Waals surface area contributed by atoms with Gasteiger partial charge in [-0.3, -0.25) is 9.48 Å². The molecule has 0 unspecified atom stereocenters. The highest BCUT2D eigenvalue weighted by Gasteiger charge is 2.33. The summed E-state index contributed by atoms with van der Waals surface area (Å²) in [5.74, 6) is -0.719. The molecule has 0 radical (unpaired) electrons. The molecule has 0 spiro atoms. The van der Waals surface area contributed by atoms with Gasteiger partial charge < -0.3 is 11.5 Å². The molecule has 0 bridgehead atoms. The van der Waals surface area contributed by atoms with E-state index in [2.05, 4.69) is 10.1 Å². The van der Waals surface area contributed by atoms with Crippen LogP contribution in [-0.4, -0.2) is 27.1 Å². The first-order chi connectivity index (χ1) is 15.6. The summed E-state index contributed by atoms with van der Waals surface area (Å²) in [6.45, 7) is -0.521.